The molecule has 0 atom stereocenters. The molecule has 0 amide bonds. The molecule has 0 unspecified atom stereocenters. The SMILES string of the molecule is Cc1cc(S(=O)(=O)NCC(=O)O)c(C)o1. The molecule has 0 spiro atoms. The number of furan rings is 1. The summed E-state index contributed by atoms with van der Waals surface area (Å²) in [5.74, 6) is -0.537. The van der Waals surface area contributed by atoms with E-state index in [0.29, 0.717) is 5.76 Å². The van der Waals surface area contributed by atoms with E-state index in [4.69, 9.17) is 9.52 Å². The second-order valence-electron chi connectivity index (χ2n) is 3.00. The Kier molecular flexibility index (Phi) is 3.15. The number of hydrogen-bond acceptors (Lipinski definition) is 4. The minimum Gasteiger partial charge on any atom is -0.480 e. The third-order valence-electron chi connectivity index (χ3n) is 1.70. The number of carboxylic acid groups (broad SMARTS) is 1. The first-order chi connectivity index (χ1) is 6.83. The number of aliphatic carboxylic acids is 1. The van der Waals surface area contributed by atoms with Gasteiger partial charge in [0, 0.05) is 0 Å². The van der Waals surface area contributed by atoms with Gasteiger partial charge in [-0.05, 0) is 19.9 Å². The van der Waals surface area contributed by atoms with Crippen LogP contribution in [0.3, 0.4) is 0 Å². The number of sulfonamides is 1. The van der Waals surface area contributed by atoms with E-state index in [1.54, 1.807) is 6.92 Å². The minimum atomic E-state index is -3.79. The monoisotopic (exact) mass is 233 g/mol. The highest BCUT2D eigenvalue weighted by Crippen LogP contribution is 2.18. The summed E-state index contributed by atoms with van der Waals surface area (Å²) < 4.78 is 30.1. The molecule has 0 aliphatic rings. The smallest absolute Gasteiger partial charge is 0.318 e. The zero-order valence-electron chi connectivity index (χ0n) is 8.27. The molecule has 0 fully saturated rings. The standard InChI is InChI=1S/C8H11NO5S/c1-5-3-7(6(2)14-5)15(12,13)9-4-8(10)11/h3,9H,4H2,1-2H3,(H,10,11). The number of carbonyl (C=O) groups is 1. The van der Waals surface area contributed by atoms with E-state index in [0.717, 1.165) is 0 Å². The fraction of sp³-hybridized carbons (Fsp3) is 0.375. The van der Waals surface area contributed by atoms with Crippen LogP contribution in [0.15, 0.2) is 15.4 Å². The summed E-state index contributed by atoms with van der Waals surface area (Å²) >= 11 is 0. The molecule has 1 aromatic heterocycles. The van der Waals surface area contributed by atoms with Crippen LogP contribution >= 0.6 is 0 Å². The molecule has 0 aliphatic carbocycles. The Morgan fingerprint density at radius 3 is 2.53 bits per heavy atom. The lowest BCUT2D eigenvalue weighted by Gasteiger charge is -2.01. The molecule has 0 aliphatic heterocycles. The van der Waals surface area contributed by atoms with Gasteiger partial charge in [-0.2, -0.15) is 4.72 Å². The Balaban J connectivity index is 2.96. The molecule has 0 radical (unpaired) electrons. The Bertz CT molecular complexity index is 473. The van der Waals surface area contributed by atoms with Crippen molar-refractivity contribution < 1.29 is 22.7 Å². The Morgan fingerprint density at radius 1 is 1.53 bits per heavy atom. The van der Waals surface area contributed by atoms with Crippen molar-refractivity contribution in [3.05, 3.63) is 17.6 Å². The van der Waals surface area contributed by atoms with Crippen LogP contribution in [0, 0.1) is 13.8 Å². The van der Waals surface area contributed by atoms with E-state index in [1.807, 2.05) is 4.72 Å². The maximum Gasteiger partial charge on any atom is 0.318 e. The van der Waals surface area contributed by atoms with Gasteiger partial charge in [-0.15, -0.1) is 0 Å². The average Bonchev–Trinajstić information content (AvgIpc) is 2.43. The second-order valence-corrected chi connectivity index (χ2v) is 4.73. The lowest BCUT2D eigenvalue weighted by atomic mass is 10.4. The van der Waals surface area contributed by atoms with Gasteiger partial charge >= 0.3 is 5.97 Å². The largest absolute Gasteiger partial charge is 0.480 e. The van der Waals surface area contributed by atoms with Gasteiger partial charge in [-0.3, -0.25) is 4.79 Å². The van der Waals surface area contributed by atoms with Gasteiger partial charge in [0.15, 0.2) is 0 Å². The van der Waals surface area contributed by atoms with Crippen LogP contribution in [-0.2, 0) is 14.8 Å². The summed E-state index contributed by atoms with van der Waals surface area (Å²) in [6, 6.07) is 1.35. The highest BCUT2D eigenvalue weighted by Gasteiger charge is 2.20. The van der Waals surface area contributed by atoms with E-state index < -0.39 is 22.5 Å². The molecule has 0 saturated heterocycles. The molecule has 0 aromatic carbocycles. The molecule has 1 heterocycles. The van der Waals surface area contributed by atoms with Crippen molar-refractivity contribution in [3.63, 3.8) is 0 Å². The van der Waals surface area contributed by atoms with Crippen molar-refractivity contribution in [2.24, 2.45) is 0 Å². The van der Waals surface area contributed by atoms with Crippen molar-refractivity contribution in [2.45, 2.75) is 18.7 Å². The number of aryl methyl sites for hydroxylation is 2. The molecule has 1 aromatic rings. The number of rotatable bonds is 4. The van der Waals surface area contributed by atoms with Gasteiger partial charge in [0.1, 0.15) is 23.0 Å². The van der Waals surface area contributed by atoms with E-state index >= 15 is 0 Å². The molecular formula is C8H11NO5S. The van der Waals surface area contributed by atoms with Crippen molar-refractivity contribution in [1.82, 2.24) is 4.72 Å². The molecule has 84 valence electrons. The Hall–Kier alpha value is -1.34. The highest BCUT2D eigenvalue weighted by atomic mass is 32.2. The van der Waals surface area contributed by atoms with Crippen LogP contribution in [0.2, 0.25) is 0 Å². The third kappa shape index (κ3) is 2.80. The zero-order chi connectivity index (χ0) is 11.6. The summed E-state index contributed by atoms with van der Waals surface area (Å²) in [5.41, 5.74) is 0. The molecule has 2 N–H and O–H groups in total. The summed E-state index contributed by atoms with van der Waals surface area (Å²) in [7, 11) is -3.79. The van der Waals surface area contributed by atoms with Crippen LogP contribution in [0.25, 0.3) is 0 Å². The predicted octanol–water partition coefficient (Wildman–Crippen LogP) is 0.259. The molecule has 7 heteroatoms. The van der Waals surface area contributed by atoms with Crippen LogP contribution in [0.4, 0.5) is 0 Å². The van der Waals surface area contributed by atoms with Gasteiger partial charge in [0.05, 0.1) is 0 Å². The highest BCUT2D eigenvalue weighted by molar-refractivity contribution is 7.89. The van der Waals surface area contributed by atoms with E-state index in [9.17, 15) is 13.2 Å². The fourth-order valence-corrected chi connectivity index (χ4v) is 2.32. The fourth-order valence-electron chi connectivity index (χ4n) is 1.11. The maximum absolute atomic E-state index is 11.5. The second kappa shape index (κ2) is 4.03. The summed E-state index contributed by atoms with van der Waals surface area (Å²) in [6.45, 7) is 2.47. The van der Waals surface area contributed by atoms with Crippen molar-refractivity contribution in [1.29, 1.82) is 0 Å². The van der Waals surface area contributed by atoms with Crippen LogP contribution in [-0.4, -0.2) is 26.0 Å². The summed E-state index contributed by atoms with van der Waals surface area (Å²) in [4.78, 5) is 10.2. The first-order valence-corrected chi connectivity index (χ1v) is 5.60. The first kappa shape index (κ1) is 11.7. The summed E-state index contributed by atoms with van der Waals surface area (Å²) in [5, 5.41) is 8.35. The van der Waals surface area contributed by atoms with Gasteiger partial charge in [0.25, 0.3) is 0 Å². The predicted molar refractivity (Wildman–Crippen MR) is 51.0 cm³/mol. The Morgan fingerprint density at radius 2 is 2.13 bits per heavy atom. The van der Waals surface area contributed by atoms with E-state index in [-0.39, 0.29) is 10.7 Å². The van der Waals surface area contributed by atoms with Crippen LogP contribution in [0.1, 0.15) is 11.5 Å². The van der Waals surface area contributed by atoms with Crippen molar-refractivity contribution in [3.8, 4) is 0 Å². The molecule has 0 bridgehead atoms. The Labute approximate surface area is 87.0 Å². The van der Waals surface area contributed by atoms with E-state index in [1.165, 1.54) is 13.0 Å². The number of carboxylic acids is 1. The maximum atomic E-state index is 11.5. The molecule has 1 rings (SSSR count). The lowest BCUT2D eigenvalue weighted by Crippen LogP contribution is -2.29. The van der Waals surface area contributed by atoms with E-state index in [2.05, 4.69) is 0 Å². The molecule has 15 heavy (non-hydrogen) atoms. The third-order valence-corrected chi connectivity index (χ3v) is 3.21. The van der Waals surface area contributed by atoms with Gasteiger partial charge in [-0.25, -0.2) is 8.42 Å². The first-order valence-electron chi connectivity index (χ1n) is 4.11. The molecule has 0 saturated carbocycles. The lowest BCUT2D eigenvalue weighted by molar-refractivity contribution is -0.135. The quantitative estimate of drug-likeness (QED) is 0.777. The van der Waals surface area contributed by atoms with Gasteiger partial charge in [0.2, 0.25) is 10.0 Å². The summed E-state index contributed by atoms with van der Waals surface area (Å²) in [6.07, 6.45) is 0. The minimum absolute atomic E-state index is 0.0266. The number of nitrogens with one attached hydrogen (secondary N) is 1. The van der Waals surface area contributed by atoms with Crippen LogP contribution < -0.4 is 4.72 Å². The topological polar surface area (TPSA) is 96.6 Å². The normalized spacial score (nSPS) is 11.6. The molecular weight excluding hydrogens is 222 g/mol. The van der Waals surface area contributed by atoms with Crippen molar-refractivity contribution >= 4 is 16.0 Å². The van der Waals surface area contributed by atoms with Gasteiger partial charge < -0.3 is 9.52 Å². The molecule has 6 nitrogen and oxygen atoms in total. The van der Waals surface area contributed by atoms with Crippen molar-refractivity contribution in [2.75, 3.05) is 6.54 Å². The number of hydrogen-bond donors (Lipinski definition) is 2. The van der Waals surface area contributed by atoms with Gasteiger partial charge in [-0.1, -0.05) is 0 Å². The van der Waals surface area contributed by atoms with Crippen LogP contribution in [0.5, 0.6) is 0 Å². The zero-order valence-corrected chi connectivity index (χ0v) is 9.09. The average molecular weight is 233 g/mol.